The molecule has 0 radical (unpaired) electrons. The maximum absolute atomic E-state index is 11.5. The Kier molecular flexibility index (Phi) is 6.44. The van der Waals surface area contributed by atoms with E-state index in [1.54, 1.807) is 4.31 Å². The topological polar surface area (TPSA) is 49.4 Å². The van der Waals surface area contributed by atoms with Gasteiger partial charge in [-0.05, 0) is 51.1 Å². The van der Waals surface area contributed by atoms with E-state index in [2.05, 4.69) is 12.2 Å². The molecule has 4 nitrogen and oxygen atoms in total. The van der Waals surface area contributed by atoms with Crippen LogP contribution in [0.25, 0.3) is 0 Å². The number of nitrogens with one attached hydrogen (secondary N) is 1. The fraction of sp³-hybridized carbons (Fsp3) is 1.00. The van der Waals surface area contributed by atoms with E-state index in [0.29, 0.717) is 12.5 Å². The molecule has 0 aromatic rings. The van der Waals surface area contributed by atoms with Gasteiger partial charge in [0.05, 0.1) is 6.26 Å². The first kappa shape index (κ1) is 14.9. The van der Waals surface area contributed by atoms with Crippen LogP contribution >= 0.6 is 0 Å². The third-order valence-corrected chi connectivity index (χ3v) is 4.61. The minimum Gasteiger partial charge on any atom is -0.317 e. The second-order valence-electron chi connectivity index (χ2n) is 5.02. The monoisotopic (exact) mass is 262 g/mol. The zero-order valence-corrected chi connectivity index (χ0v) is 11.9. The highest BCUT2D eigenvalue weighted by molar-refractivity contribution is 7.88. The van der Waals surface area contributed by atoms with Crippen LogP contribution in [0, 0.1) is 5.92 Å². The SMILES string of the molecule is CCCNCCCC1CCCN(S(C)(=O)=O)C1. The van der Waals surface area contributed by atoms with E-state index in [1.807, 2.05) is 0 Å². The molecule has 0 aromatic heterocycles. The van der Waals surface area contributed by atoms with Crippen molar-refractivity contribution in [3.8, 4) is 0 Å². The summed E-state index contributed by atoms with van der Waals surface area (Å²) in [6.07, 6.45) is 6.98. The smallest absolute Gasteiger partial charge is 0.211 e. The Balaban J connectivity index is 2.21. The summed E-state index contributed by atoms with van der Waals surface area (Å²) in [6.45, 7) is 5.75. The highest BCUT2D eigenvalue weighted by Gasteiger charge is 2.25. The lowest BCUT2D eigenvalue weighted by Gasteiger charge is -2.30. The molecule has 1 N–H and O–H groups in total. The summed E-state index contributed by atoms with van der Waals surface area (Å²) in [5, 5.41) is 3.38. The summed E-state index contributed by atoms with van der Waals surface area (Å²) in [4.78, 5) is 0. The van der Waals surface area contributed by atoms with Crippen molar-refractivity contribution in [1.82, 2.24) is 9.62 Å². The summed E-state index contributed by atoms with van der Waals surface area (Å²) < 4.78 is 24.6. The van der Waals surface area contributed by atoms with Gasteiger partial charge in [-0.2, -0.15) is 0 Å². The molecule has 1 fully saturated rings. The number of rotatable bonds is 7. The van der Waals surface area contributed by atoms with Crippen molar-refractivity contribution in [1.29, 1.82) is 0 Å². The maximum atomic E-state index is 11.5. The summed E-state index contributed by atoms with van der Waals surface area (Å²) in [6, 6.07) is 0. The van der Waals surface area contributed by atoms with Crippen molar-refractivity contribution in [2.24, 2.45) is 5.92 Å². The van der Waals surface area contributed by atoms with Crippen LogP contribution in [0.15, 0.2) is 0 Å². The molecular formula is C12H26N2O2S. The summed E-state index contributed by atoms with van der Waals surface area (Å²) in [5.41, 5.74) is 0. The van der Waals surface area contributed by atoms with E-state index in [9.17, 15) is 8.42 Å². The van der Waals surface area contributed by atoms with Crippen LogP contribution in [0.5, 0.6) is 0 Å². The van der Waals surface area contributed by atoms with Crippen LogP contribution < -0.4 is 5.32 Å². The maximum Gasteiger partial charge on any atom is 0.211 e. The van der Waals surface area contributed by atoms with E-state index >= 15 is 0 Å². The van der Waals surface area contributed by atoms with Crippen LogP contribution in [0.1, 0.15) is 39.0 Å². The number of hydrogen-bond acceptors (Lipinski definition) is 3. The molecule has 1 rings (SSSR count). The molecule has 1 aliphatic heterocycles. The van der Waals surface area contributed by atoms with Crippen LogP contribution in [0.3, 0.4) is 0 Å². The van der Waals surface area contributed by atoms with Gasteiger partial charge in [-0.3, -0.25) is 0 Å². The largest absolute Gasteiger partial charge is 0.317 e. The predicted molar refractivity (Wildman–Crippen MR) is 71.5 cm³/mol. The van der Waals surface area contributed by atoms with Crippen LogP contribution in [0.2, 0.25) is 0 Å². The van der Waals surface area contributed by atoms with Gasteiger partial charge in [0.25, 0.3) is 0 Å². The lowest BCUT2D eigenvalue weighted by molar-refractivity contribution is 0.253. The molecule has 1 heterocycles. The van der Waals surface area contributed by atoms with Crippen molar-refractivity contribution < 1.29 is 8.42 Å². The van der Waals surface area contributed by atoms with E-state index in [4.69, 9.17) is 0 Å². The summed E-state index contributed by atoms with van der Waals surface area (Å²) in [5.74, 6) is 0.557. The average Bonchev–Trinajstić information content (AvgIpc) is 2.28. The van der Waals surface area contributed by atoms with Crippen molar-refractivity contribution in [3.63, 3.8) is 0 Å². The van der Waals surface area contributed by atoms with Gasteiger partial charge in [0.15, 0.2) is 0 Å². The van der Waals surface area contributed by atoms with Crippen molar-refractivity contribution >= 4 is 10.0 Å². The Bertz CT molecular complexity index is 304. The summed E-state index contributed by atoms with van der Waals surface area (Å²) >= 11 is 0. The fourth-order valence-electron chi connectivity index (χ4n) is 2.38. The summed E-state index contributed by atoms with van der Waals surface area (Å²) in [7, 11) is -2.98. The molecule has 0 spiro atoms. The molecule has 1 unspecified atom stereocenters. The third kappa shape index (κ3) is 5.84. The second-order valence-corrected chi connectivity index (χ2v) is 7.00. The molecule has 102 valence electrons. The Morgan fingerprint density at radius 2 is 2.12 bits per heavy atom. The van der Waals surface area contributed by atoms with Crippen LogP contribution in [-0.2, 0) is 10.0 Å². The quantitative estimate of drug-likeness (QED) is 0.706. The lowest BCUT2D eigenvalue weighted by atomic mass is 9.95. The molecule has 1 saturated heterocycles. The van der Waals surface area contributed by atoms with Gasteiger partial charge in [-0.1, -0.05) is 6.92 Å². The van der Waals surface area contributed by atoms with Gasteiger partial charge in [-0.15, -0.1) is 0 Å². The highest BCUT2D eigenvalue weighted by Crippen LogP contribution is 2.22. The number of piperidine rings is 1. The zero-order chi connectivity index (χ0) is 12.7. The molecule has 0 amide bonds. The van der Waals surface area contributed by atoms with Gasteiger partial charge in [0.1, 0.15) is 0 Å². The minimum absolute atomic E-state index is 0.557. The molecule has 17 heavy (non-hydrogen) atoms. The zero-order valence-electron chi connectivity index (χ0n) is 11.1. The average molecular weight is 262 g/mol. The van der Waals surface area contributed by atoms with Gasteiger partial charge >= 0.3 is 0 Å². The molecule has 0 aliphatic carbocycles. The van der Waals surface area contributed by atoms with Crippen molar-refractivity contribution in [2.45, 2.75) is 39.0 Å². The molecule has 0 bridgehead atoms. The van der Waals surface area contributed by atoms with Crippen molar-refractivity contribution in [3.05, 3.63) is 0 Å². The van der Waals surface area contributed by atoms with E-state index < -0.39 is 10.0 Å². The Labute approximate surface area is 106 Å². The predicted octanol–water partition coefficient (Wildman–Crippen LogP) is 1.44. The van der Waals surface area contributed by atoms with Gasteiger partial charge in [0, 0.05) is 13.1 Å². The number of sulfonamides is 1. The Morgan fingerprint density at radius 1 is 1.35 bits per heavy atom. The van der Waals surface area contributed by atoms with Gasteiger partial charge < -0.3 is 5.32 Å². The first-order valence-electron chi connectivity index (χ1n) is 6.70. The van der Waals surface area contributed by atoms with Crippen LogP contribution in [-0.4, -0.2) is 45.2 Å². The second kappa shape index (κ2) is 7.34. The molecule has 1 aliphatic rings. The number of hydrogen-bond donors (Lipinski definition) is 1. The Morgan fingerprint density at radius 3 is 2.76 bits per heavy atom. The highest BCUT2D eigenvalue weighted by atomic mass is 32.2. The lowest BCUT2D eigenvalue weighted by Crippen LogP contribution is -2.39. The third-order valence-electron chi connectivity index (χ3n) is 3.34. The van der Waals surface area contributed by atoms with E-state index in [0.717, 1.165) is 38.9 Å². The van der Waals surface area contributed by atoms with E-state index in [1.165, 1.54) is 19.1 Å². The van der Waals surface area contributed by atoms with E-state index in [-0.39, 0.29) is 0 Å². The van der Waals surface area contributed by atoms with Gasteiger partial charge in [-0.25, -0.2) is 12.7 Å². The molecule has 0 aromatic carbocycles. The van der Waals surface area contributed by atoms with Crippen molar-refractivity contribution in [2.75, 3.05) is 32.4 Å². The first-order chi connectivity index (χ1) is 8.04. The fourth-order valence-corrected chi connectivity index (χ4v) is 3.32. The molecular weight excluding hydrogens is 236 g/mol. The molecule has 0 saturated carbocycles. The van der Waals surface area contributed by atoms with Crippen LogP contribution in [0.4, 0.5) is 0 Å². The standard InChI is InChI=1S/C12H26N2O2S/c1-3-8-13-9-4-6-12-7-5-10-14(11-12)17(2,15)16/h12-13H,3-11H2,1-2H3. The molecule has 1 atom stereocenters. The number of nitrogens with zero attached hydrogens (tertiary/aromatic N) is 1. The van der Waals surface area contributed by atoms with Gasteiger partial charge in [0.2, 0.25) is 10.0 Å². The Hall–Kier alpha value is -0.130. The first-order valence-corrected chi connectivity index (χ1v) is 8.54. The minimum atomic E-state index is -2.98. The normalized spacial score (nSPS) is 22.8. The molecule has 5 heteroatoms.